The van der Waals surface area contributed by atoms with E-state index in [2.05, 4.69) is 4.98 Å². The van der Waals surface area contributed by atoms with E-state index in [-0.39, 0.29) is 5.82 Å². The molecule has 0 atom stereocenters. The third-order valence-corrected chi connectivity index (χ3v) is 2.36. The van der Waals surface area contributed by atoms with Crippen molar-refractivity contribution in [1.82, 2.24) is 4.98 Å². The minimum absolute atomic E-state index is 0.250. The molecule has 2 aromatic rings. The van der Waals surface area contributed by atoms with Crippen LogP contribution < -0.4 is 5.73 Å². The minimum Gasteiger partial charge on any atom is -0.359 e. The molecule has 1 aromatic heterocycles. The van der Waals surface area contributed by atoms with Crippen LogP contribution in [0.25, 0.3) is 10.9 Å². The molecule has 0 unspecified atom stereocenters. The van der Waals surface area contributed by atoms with Crippen LogP contribution >= 0.6 is 0 Å². The Bertz CT molecular complexity index is 466. The number of hydrogen-bond donors (Lipinski definition) is 2. The molecule has 0 saturated carbocycles. The lowest BCUT2D eigenvalue weighted by Gasteiger charge is -2.19. The maximum absolute atomic E-state index is 13.9. The normalized spacial score (nSPS) is 12.3. The van der Waals surface area contributed by atoms with Crippen LogP contribution in [-0.4, -0.2) is 4.98 Å². The fraction of sp³-hybridized carbons (Fsp3) is 0.273. The highest BCUT2D eigenvalue weighted by Crippen LogP contribution is 2.26. The van der Waals surface area contributed by atoms with Crippen LogP contribution in [0.4, 0.5) is 4.39 Å². The summed E-state index contributed by atoms with van der Waals surface area (Å²) in [5.41, 5.74) is 6.28. The molecule has 74 valence electrons. The molecule has 2 nitrogen and oxygen atoms in total. The van der Waals surface area contributed by atoms with Crippen LogP contribution in [0, 0.1) is 5.82 Å². The van der Waals surface area contributed by atoms with Gasteiger partial charge < -0.3 is 10.7 Å². The van der Waals surface area contributed by atoms with Gasteiger partial charge in [-0.15, -0.1) is 0 Å². The van der Waals surface area contributed by atoms with E-state index in [9.17, 15) is 4.39 Å². The minimum atomic E-state index is -0.649. The van der Waals surface area contributed by atoms with E-state index < -0.39 is 5.54 Å². The second-order valence-electron chi connectivity index (χ2n) is 4.09. The molecule has 0 aliphatic heterocycles. The maximum atomic E-state index is 13.9. The van der Waals surface area contributed by atoms with Gasteiger partial charge in [0, 0.05) is 22.7 Å². The molecule has 3 heteroatoms. The second-order valence-corrected chi connectivity index (χ2v) is 4.09. The van der Waals surface area contributed by atoms with Crippen molar-refractivity contribution in [3.63, 3.8) is 0 Å². The average Bonchev–Trinajstić information content (AvgIpc) is 2.50. The summed E-state index contributed by atoms with van der Waals surface area (Å²) in [6, 6.07) is 5.45. The van der Waals surface area contributed by atoms with Gasteiger partial charge in [-0.3, -0.25) is 0 Å². The summed E-state index contributed by atoms with van der Waals surface area (Å²) in [7, 11) is 0. The van der Waals surface area contributed by atoms with Gasteiger partial charge in [-0.25, -0.2) is 4.39 Å². The van der Waals surface area contributed by atoms with E-state index in [4.69, 9.17) is 5.73 Å². The van der Waals surface area contributed by atoms with E-state index in [1.165, 1.54) is 0 Å². The van der Waals surface area contributed by atoms with Crippen molar-refractivity contribution in [2.45, 2.75) is 19.4 Å². The zero-order valence-electron chi connectivity index (χ0n) is 8.26. The first kappa shape index (κ1) is 9.21. The SMILES string of the molecule is CC(C)(N)c1ccc2cc[nH]c2c1F. The van der Waals surface area contributed by atoms with E-state index in [0.717, 1.165) is 5.39 Å². The fourth-order valence-electron chi connectivity index (χ4n) is 1.59. The van der Waals surface area contributed by atoms with Crippen LogP contribution in [0.5, 0.6) is 0 Å². The van der Waals surface area contributed by atoms with Gasteiger partial charge in [0.15, 0.2) is 5.82 Å². The van der Waals surface area contributed by atoms with Crippen molar-refractivity contribution in [3.8, 4) is 0 Å². The van der Waals surface area contributed by atoms with Crippen molar-refractivity contribution in [2.24, 2.45) is 5.73 Å². The lowest BCUT2D eigenvalue weighted by molar-refractivity contribution is 0.506. The molecule has 1 aromatic carbocycles. The highest BCUT2D eigenvalue weighted by molar-refractivity contribution is 5.80. The summed E-state index contributed by atoms with van der Waals surface area (Å²) in [5.74, 6) is -0.250. The first-order valence-electron chi connectivity index (χ1n) is 4.55. The van der Waals surface area contributed by atoms with Gasteiger partial charge in [0.25, 0.3) is 0 Å². The first-order valence-corrected chi connectivity index (χ1v) is 4.55. The molecule has 1 heterocycles. The maximum Gasteiger partial charge on any atom is 0.152 e. The lowest BCUT2D eigenvalue weighted by atomic mass is 9.94. The molecule has 0 fully saturated rings. The Hall–Kier alpha value is -1.35. The summed E-state index contributed by atoms with van der Waals surface area (Å²) < 4.78 is 13.9. The number of aromatic amines is 1. The van der Waals surface area contributed by atoms with Gasteiger partial charge in [0.2, 0.25) is 0 Å². The fourth-order valence-corrected chi connectivity index (χ4v) is 1.59. The molecule has 3 N–H and O–H groups in total. The summed E-state index contributed by atoms with van der Waals surface area (Å²) in [4.78, 5) is 2.87. The highest BCUT2D eigenvalue weighted by Gasteiger charge is 2.20. The molecule has 14 heavy (non-hydrogen) atoms. The van der Waals surface area contributed by atoms with Crippen LogP contribution in [0.1, 0.15) is 19.4 Å². The van der Waals surface area contributed by atoms with Gasteiger partial charge in [-0.05, 0) is 19.9 Å². The van der Waals surface area contributed by atoms with Crippen LogP contribution in [0.15, 0.2) is 24.4 Å². The molecule has 0 saturated heterocycles. The third kappa shape index (κ3) is 1.30. The Morgan fingerprint density at radius 2 is 2.00 bits per heavy atom. The van der Waals surface area contributed by atoms with E-state index in [1.807, 2.05) is 12.1 Å². The predicted octanol–water partition coefficient (Wildman–Crippen LogP) is 2.50. The molecule has 0 radical (unpaired) electrons. The zero-order valence-corrected chi connectivity index (χ0v) is 8.26. The number of aromatic nitrogens is 1. The number of benzene rings is 1. The topological polar surface area (TPSA) is 41.8 Å². The predicted molar refractivity (Wildman–Crippen MR) is 55.5 cm³/mol. The van der Waals surface area contributed by atoms with Crippen LogP contribution in [0.3, 0.4) is 0 Å². The quantitative estimate of drug-likeness (QED) is 0.716. The van der Waals surface area contributed by atoms with Gasteiger partial charge in [0.1, 0.15) is 0 Å². The van der Waals surface area contributed by atoms with Crippen molar-refractivity contribution in [1.29, 1.82) is 0 Å². The monoisotopic (exact) mass is 192 g/mol. The number of nitrogens with two attached hydrogens (primary N) is 1. The molecule has 0 aliphatic rings. The molecule has 0 amide bonds. The van der Waals surface area contributed by atoms with E-state index in [1.54, 1.807) is 26.1 Å². The highest BCUT2D eigenvalue weighted by atomic mass is 19.1. The van der Waals surface area contributed by atoms with Gasteiger partial charge in [0.05, 0.1) is 5.52 Å². The van der Waals surface area contributed by atoms with Gasteiger partial charge in [-0.1, -0.05) is 12.1 Å². The van der Waals surface area contributed by atoms with Gasteiger partial charge >= 0.3 is 0 Å². The lowest BCUT2D eigenvalue weighted by Crippen LogP contribution is -2.29. The Balaban J connectivity index is 2.74. The number of hydrogen-bond acceptors (Lipinski definition) is 1. The Kier molecular flexibility index (Phi) is 1.86. The summed E-state index contributed by atoms with van der Waals surface area (Å²) in [6.45, 7) is 3.58. The van der Waals surface area contributed by atoms with Crippen molar-refractivity contribution in [2.75, 3.05) is 0 Å². The second kappa shape index (κ2) is 2.82. The summed E-state index contributed by atoms with van der Waals surface area (Å²) in [5, 5.41) is 0.871. The molecular weight excluding hydrogens is 179 g/mol. The molecule has 2 rings (SSSR count). The smallest absolute Gasteiger partial charge is 0.152 e. The third-order valence-electron chi connectivity index (χ3n) is 2.36. The number of H-pyrrole nitrogens is 1. The Labute approximate surface area is 81.9 Å². The number of rotatable bonds is 1. The zero-order chi connectivity index (χ0) is 10.3. The first-order chi connectivity index (χ1) is 6.50. The molecule has 0 bridgehead atoms. The summed E-state index contributed by atoms with van der Waals surface area (Å²) in [6.07, 6.45) is 1.72. The van der Waals surface area contributed by atoms with Gasteiger partial charge in [-0.2, -0.15) is 0 Å². The van der Waals surface area contributed by atoms with Crippen LogP contribution in [-0.2, 0) is 5.54 Å². The van der Waals surface area contributed by atoms with Crippen LogP contribution in [0.2, 0.25) is 0 Å². The van der Waals surface area contributed by atoms with E-state index in [0.29, 0.717) is 11.1 Å². The number of fused-ring (bicyclic) bond motifs is 1. The number of nitrogens with one attached hydrogen (secondary N) is 1. The van der Waals surface area contributed by atoms with Crippen molar-refractivity contribution >= 4 is 10.9 Å². The average molecular weight is 192 g/mol. The van der Waals surface area contributed by atoms with Crippen molar-refractivity contribution < 1.29 is 4.39 Å². The Morgan fingerprint density at radius 3 is 2.64 bits per heavy atom. The molecular formula is C11H13FN2. The van der Waals surface area contributed by atoms with Crippen molar-refractivity contribution in [3.05, 3.63) is 35.8 Å². The standard InChI is InChI=1S/C11H13FN2/c1-11(2,13)8-4-3-7-5-6-14-10(7)9(8)12/h3-6,14H,13H2,1-2H3. The molecule has 0 spiro atoms. The largest absolute Gasteiger partial charge is 0.359 e. The number of halogens is 1. The summed E-state index contributed by atoms with van der Waals surface area (Å²) >= 11 is 0. The molecule has 0 aliphatic carbocycles. The van der Waals surface area contributed by atoms with E-state index >= 15 is 0 Å². The Morgan fingerprint density at radius 1 is 1.29 bits per heavy atom.